The Labute approximate surface area is 118 Å². The van der Waals surface area contributed by atoms with Crippen LogP contribution in [0, 0.1) is 12.8 Å². The van der Waals surface area contributed by atoms with Gasteiger partial charge in [-0.05, 0) is 43.5 Å². The fraction of sp³-hybridized carbons (Fsp3) is 0.462. The van der Waals surface area contributed by atoms with Crippen molar-refractivity contribution in [2.45, 2.75) is 24.7 Å². The Balaban J connectivity index is 2.25. The van der Waals surface area contributed by atoms with Crippen molar-refractivity contribution in [2.24, 2.45) is 5.92 Å². The number of aryl methyl sites for hydroxylation is 1. The third-order valence-electron chi connectivity index (χ3n) is 3.45. The number of carbonyl (C=O) groups is 1. The minimum Gasteiger partial charge on any atom is -0.303 e. The second kappa shape index (κ2) is 5.61. The Morgan fingerprint density at radius 1 is 1.32 bits per heavy atom. The standard InChI is InChI=1S/C13H16ClNO3S/c1-10-8-12(14)2-3-13(10)19(17,18)15-6-4-11(9-16)5-7-15/h2-3,8-9,11H,4-7H2,1H3. The highest BCUT2D eigenvalue weighted by atomic mass is 35.5. The topological polar surface area (TPSA) is 54.5 Å². The fourth-order valence-corrected chi connectivity index (χ4v) is 4.20. The van der Waals surface area contributed by atoms with Crippen molar-refractivity contribution in [3.05, 3.63) is 28.8 Å². The van der Waals surface area contributed by atoms with E-state index in [4.69, 9.17) is 11.6 Å². The monoisotopic (exact) mass is 301 g/mol. The zero-order valence-electron chi connectivity index (χ0n) is 10.7. The van der Waals surface area contributed by atoms with Gasteiger partial charge in [0.15, 0.2) is 0 Å². The Morgan fingerprint density at radius 2 is 1.95 bits per heavy atom. The lowest BCUT2D eigenvalue weighted by atomic mass is 10.0. The van der Waals surface area contributed by atoms with Gasteiger partial charge in [0.05, 0.1) is 4.90 Å². The summed E-state index contributed by atoms with van der Waals surface area (Å²) in [6, 6.07) is 4.77. The first-order valence-corrected chi connectivity index (χ1v) is 7.98. The summed E-state index contributed by atoms with van der Waals surface area (Å²) in [6.07, 6.45) is 2.10. The highest BCUT2D eigenvalue weighted by Crippen LogP contribution is 2.26. The second-order valence-electron chi connectivity index (χ2n) is 4.79. The van der Waals surface area contributed by atoms with E-state index < -0.39 is 10.0 Å². The SMILES string of the molecule is Cc1cc(Cl)ccc1S(=O)(=O)N1CCC(C=O)CC1. The molecule has 0 atom stereocenters. The van der Waals surface area contributed by atoms with Gasteiger partial charge in [-0.1, -0.05) is 11.6 Å². The molecule has 1 aromatic rings. The van der Waals surface area contributed by atoms with Crippen molar-refractivity contribution >= 4 is 27.9 Å². The lowest BCUT2D eigenvalue weighted by molar-refractivity contribution is -0.112. The molecule has 0 bridgehead atoms. The van der Waals surface area contributed by atoms with Crippen molar-refractivity contribution in [1.29, 1.82) is 0 Å². The molecule has 1 fully saturated rings. The van der Waals surface area contributed by atoms with Gasteiger partial charge < -0.3 is 4.79 Å². The maximum Gasteiger partial charge on any atom is 0.243 e. The van der Waals surface area contributed by atoms with Gasteiger partial charge in [0, 0.05) is 24.0 Å². The largest absolute Gasteiger partial charge is 0.303 e. The highest BCUT2D eigenvalue weighted by Gasteiger charge is 2.30. The van der Waals surface area contributed by atoms with E-state index in [1.54, 1.807) is 25.1 Å². The molecule has 0 amide bonds. The number of halogens is 1. The molecule has 2 rings (SSSR count). The van der Waals surface area contributed by atoms with Crippen LogP contribution in [0.4, 0.5) is 0 Å². The molecule has 0 spiro atoms. The number of sulfonamides is 1. The van der Waals surface area contributed by atoms with Crippen LogP contribution < -0.4 is 0 Å². The molecular weight excluding hydrogens is 286 g/mol. The molecule has 0 N–H and O–H groups in total. The van der Waals surface area contributed by atoms with Crippen molar-refractivity contribution in [1.82, 2.24) is 4.31 Å². The minimum atomic E-state index is -3.48. The second-order valence-corrected chi connectivity index (χ2v) is 7.13. The van der Waals surface area contributed by atoms with Crippen LogP contribution in [0.3, 0.4) is 0 Å². The Hall–Kier alpha value is -0.910. The predicted molar refractivity (Wildman–Crippen MR) is 73.7 cm³/mol. The molecule has 0 aliphatic carbocycles. The number of piperidine rings is 1. The van der Waals surface area contributed by atoms with Crippen molar-refractivity contribution in [3.63, 3.8) is 0 Å². The van der Waals surface area contributed by atoms with Gasteiger partial charge in [-0.15, -0.1) is 0 Å². The molecule has 1 aliphatic heterocycles. The van der Waals surface area contributed by atoms with E-state index in [0.29, 0.717) is 41.4 Å². The van der Waals surface area contributed by atoms with Crippen LogP contribution in [0.5, 0.6) is 0 Å². The number of hydrogen-bond donors (Lipinski definition) is 0. The van der Waals surface area contributed by atoms with E-state index in [1.165, 1.54) is 4.31 Å². The zero-order chi connectivity index (χ0) is 14.0. The summed E-state index contributed by atoms with van der Waals surface area (Å²) in [6.45, 7) is 2.53. The van der Waals surface area contributed by atoms with E-state index in [9.17, 15) is 13.2 Å². The van der Waals surface area contributed by atoms with Crippen LogP contribution in [0.15, 0.2) is 23.1 Å². The molecule has 0 aromatic heterocycles. The maximum atomic E-state index is 12.5. The summed E-state index contributed by atoms with van der Waals surface area (Å²) in [4.78, 5) is 11.0. The lowest BCUT2D eigenvalue weighted by Gasteiger charge is -2.29. The molecule has 104 valence electrons. The number of hydrogen-bond acceptors (Lipinski definition) is 3. The summed E-state index contributed by atoms with van der Waals surface area (Å²) in [7, 11) is -3.48. The number of rotatable bonds is 3. The highest BCUT2D eigenvalue weighted by molar-refractivity contribution is 7.89. The first-order valence-electron chi connectivity index (χ1n) is 6.17. The summed E-state index contributed by atoms with van der Waals surface area (Å²) in [5, 5.41) is 0.524. The van der Waals surface area contributed by atoms with E-state index in [-0.39, 0.29) is 5.92 Å². The van der Waals surface area contributed by atoms with Gasteiger partial charge in [-0.2, -0.15) is 4.31 Å². The summed E-state index contributed by atoms with van der Waals surface area (Å²) in [5.74, 6) is -0.0160. The van der Waals surface area contributed by atoms with Gasteiger partial charge in [-0.25, -0.2) is 8.42 Å². The van der Waals surface area contributed by atoms with Crippen LogP contribution >= 0.6 is 11.6 Å². The van der Waals surface area contributed by atoms with Gasteiger partial charge in [0.2, 0.25) is 10.0 Å². The Morgan fingerprint density at radius 3 is 2.47 bits per heavy atom. The molecule has 4 nitrogen and oxygen atoms in total. The lowest BCUT2D eigenvalue weighted by Crippen LogP contribution is -2.39. The summed E-state index contributed by atoms with van der Waals surface area (Å²) >= 11 is 5.84. The quantitative estimate of drug-likeness (QED) is 0.805. The summed E-state index contributed by atoms with van der Waals surface area (Å²) in [5.41, 5.74) is 0.644. The first kappa shape index (κ1) is 14.5. The average Bonchev–Trinajstić information content (AvgIpc) is 2.38. The third kappa shape index (κ3) is 2.99. The maximum absolute atomic E-state index is 12.5. The van der Waals surface area contributed by atoms with E-state index in [1.807, 2.05) is 0 Å². The number of carbonyl (C=O) groups excluding carboxylic acids is 1. The average molecular weight is 302 g/mol. The molecule has 0 saturated carbocycles. The van der Waals surface area contributed by atoms with Crippen LogP contribution in [0.25, 0.3) is 0 Å². The van der Waals surface area contributed by atoms with Crippen LogP contribution in [-0.4, -0.2) is 32.1 Å². The van der Waals surface area contributed by atoms with E-state index in [0.717, 1.165) is 6.29 Å². The molecule has 1 aliphatic rings. The number of aldehydes is 1. The molecule has 6 heteroatoms. The predicted octanol–water partition coefficient (Wildman–Crippen LogP) is 2.25. The Bertz CT molecular complexity index is 578. The molecule has 1 heterocycles. The van der Waals surface area contributed by atoms with Gasteiger partial charge >= 0.3 is 0 Å². The van der Waals surface area contributed by atoms with Gasteiger partial charge in [-0.3, -0.25) is 0 Å². The molecule has 0 unspecified atom stereocenters. The molecule has 1 aromatic carbocycles. The van der Waals surface area contributed by atoms with Crippen LogP contribution in [0.1, 0.15) is 18.4 Å². The smallest absolute Gasteiger partial charge is 0.243 e. The third-order valence-corrected chi connectivity index (χ3v) is 5.74. The molecule has 0 radical (unpaired) electrons. The minimum absolute atomic E-state index is 0.0160. The fourth-order valence-electron chi connectivity index (χ4n) is 2.29. The number of nitrogens with zero attached hydrogens (tertiary/aromatic N) is 1. The van der Waals surface area contributed by atoms with Crippen molar-refractivity contribution in [2.75, 3.05) is 13.1 Å². The molecule has 1 saturated heterocycles. The van der Waals surface area contributed by atoms with Crippen LogP contribution in [0.2, 0.25) is 5.02 Å². The number of benzene rings is 1. The van der Waals surface area contributed by atoms with Crippen LogP contribution in [-0.2, 0) is 14.8 Å². The molecule has 19 heavy (non-hydrogen) atoms. The van der Waals surface area contributed by atoms with E-state index >= 15 is 0 Å². The van der Waals surface area contributed by atoms with Crippen molar-refractivity contribution < 1.29 is 13.2 Å². The van der Waals surface area contributed by atoms with Gasteiger partial charge in [0.1, 0.15) is 6.29 Å². The normalized spacial score (nSPS) is 18.4. The van der Waals surface area contributed by atoms with Gasteiger partial charge in [0.25, 0.3) is 0 Å². The van der Waals surface area contributed by atoms with E-state index in [2.05, 4.69) is 0 Å². The summed E-state index contributed by atoms with van der Waals surface area (Å²) < 4.78 is 26.5. The Kier molecular flexibility index (Phi) is 4.28. The first-order chi connectivity index (χ1) is 8.95. The zero-order valence-corrected chi connectivity index (χ0v) is 12.2. The van der Waals surface area contributed by atoms with Crippen molar-refractivity contribution in [3.8, 4) is 0 Å². The molecular formula is C13H16ClNO3S.